The molecule has 2 nitrogen and oxygen atoms in total. The zero-order valence-electron chi connectivity index (χ0n) is 13.8. The first-order valence-electron chi connectivity index (χ1n) is 8.05. The molecule has 0 aliphatic rings. The Labute approximate surface area is 135 Å². The first-order valence-corrected chi connectivity index (χ1v) is 10.3. The highest BCUT2D eigenvalue weighted by Crippen LogP contribution is 2.22. The van der Waals surface area contributed by atoms with Crippen molar-refractivity contribution in [3.8, 4) is 0 Å². The standard InChI is InChI=1S/C19H26O2Si/c1-4-22(5-2,20-15-18-9-7-6-8-10-18)21-16-19-13-11-17(3)12-14-19/h6-14H,4-5,15-16H2,1-3H3. The van der Waals surface area contributed by atoms with Crippen molar-refractivity contribution in [1.29, 1.82) is 0 Å². The SMILES string of the molecule is CC[Si](CC)(OCc1ccccc1)OCc1ccc(C)cc1. The van der Waals surface area contributed by atoms with E-state index in [2.05, 4.69) is 57.2 Å². The summed E-state index contributed by atoms with van der Waals surface area (Å²) >= 11 is 0. The number of aryl methyl sites for hydroxylation is 1. The molecule has 118 valence electrons. The second-order valence-corrected chi connectivity index (χ2v) is 9.48. The van der Waals surface area contributed by atoms with Crippen LogP contribution >= 0.6 is 0 Å². The molecule has 0 N–H and O–H groups in total. The molecule has 0 aliphatic heterocycles. The first kappa shape index (κ1) is 16.9. The fraction of sp³-hybridized carbons (Fsp3) is 0.368. The van der Waals surface area contributed by atoms with Gasteiger partial charge >= 0.3 is 8.56 Å². The van der Waals surface area contributed by atoms with Crippen LogP contribution in [0.5, 0.6) is 0 Å². The van der Waals surface area contributed by atoms with Crippen LogP contribution in [0.1, 0.15) is 30.5 Å². The van der Waals surface area contributed by atoms with Crippen molar-refractivity contribution in [1.82, 2.24) is 0 Å². The van der Waals surface area contributed by atoms with E-state index in [0.717, 1.165) is 12.1 Å². The Morgan fingerprint density at radius 3 is 1.73 bits per heavy atom. The average Bonchev–Trinajstić information content (AvgIpc) is 2.58. The largest absolute Gasteiger partial charge is 0.390 e. The van der Waals surface area contributed by atoms with E-state index in [0.29, 0.717) is 13.2 Å². The molecule has 3 heteroatoms. The Hall–Kier alpha value is -1.42. The zero-order chi connectivity index (χ0) is 15.8. The minimum atomic E-state index is -2.12. The van der Waals surface area contributed by atoms with Crippen LogP contribution in [0.2, 0.25) is 12.1 Å². The fourth-order valence-corrected chi connectivity index (χ4v) is 4.65. The molecule has 0 atom stereocenters. The second-order valence-electron chi connectivity index (χ2n) is 5.67. The van der Waals surface area contributed by atoms with Crippen LogP contribution in [0.4, 0.5) is 0 Å². The lowest BCUT2D eigenvalue weighted by Gasteiger charge is -2.29. The van der Waals surface area contributed by atoms with E-state index in [1.807, 2.05) is 18.2 Å². The van der Waals surface area contributed by atoms with Crippen molar-refractivity contribution in [2.75, 3.05) is 0 Å². The van der Waals surface area contributed by atoms with Crippen LogP contribution in [0.3, 0.4) is 0 Å². The topological polar surface area (TPSA) is 18.5 Å². The molecule has 0 bridgehead atoms. The molecule has 2 rings (SSSR count). The summed E-state index contributed by atoms with van der Waals surface area (Å²) in [7, 11) is -2.12. The minimum Gasteiger partial charge on any atom is -0.390 e. The van der Waals surface area contributed by atoms with Gasteiger partial charge in [-0.2, -0.15) is 0 Å². The smallest absolute Gasteiger partial charge is 0.338 e. The summed E-state index contributed by atoms with van der Waals surface area (Å²) in [6, 6.07) is 20.8. The second kappa shape index (κ2) is 8.27. The van der Waals surface area contributed by atoms with Gasteiger partial charge < -0.3 is 8.85 Å². The summed E-state index contributed by atoms with van der Waals surface area (Å²) in [6.45, 7) is 7.74. The van der Waals surface area contributed by atoms with Crippen LogP contribution in [0, 0.1) is 6.92 Å². The number of benzene rings is 2. The highest BCUT2D eigenvalue weighted by molar-refractivity contribution is 6.67. The highest BCUT2D eigenvalue weighted by Gasteiger charge is 2.33. The molecule has 0 saturated carbocycles. The Bertz CT molecular complexity index is 547. The highest BCUT2D eigenvalue weighted by atomic mass is 28.4. The molecule has 0 saturated heterocycles. The molecule has 0 aliphatic carbocycles. The minimum absolute atomic E-state index is 0.642. The van der Waals surface area contributed by atoms with E-state index in [4.69, 9.17) is 8.85 Å². The zero-order valence-corrected chi connectivity index (χ0v) is 14.8. The predicted octanol–water partition coefficient (Wildman–Crippen LogP) is 5.21. The maximum atomic E-state index is 6.29. The van der Waals surface area contributed by atoms with Crippen molar-refractivity contribution < 1.29 is 8.85 Å². The third kappa shape index (κ3) is 4.80. The van der Waals surface area contributed by atoms with Crippen molar-refractivity contribution in [2.24, 2.45) is 0 Å². The third-order valence-electron chi connectivity index (χ3n) is 4.04. The van der Waals surface area contributed by atoms with Crippen molar-refractivity contribution in [3.05, 3.63) is 71.3 Å². The molecular weight excluding hydrogens is 288 g/mol. The molecule has 0 radical (unpaired) electrons. The average molecular weight is 315 g/mol. The molecule has 0 spiro atoms. The summed E-state index contributed by atoms with van der Waals surface area (Å²) < 4.78 is 12.6. The fourth-order valence-electron chi connectivity index (χ4n) is 2.39. The normalized spacial score (nSPS) is 11.6. The van der Waals surface area contributed by atoms with E-state index in [9.17, 15) is 0 Å². The molecule has 0 amide bonds. The molecule has 0 fully saturated rings. The van der Waals surface area contributed by atoms with Gasteiger partial charge in [0.2, 0.25) is 0 Å². The molecular formula is C19H26O2Si. The Kier molecular flexibility index (Phi) is 6.37. The predicted molar refractivity (Wildman–Crippen MR) is 93.9 cm³/mol. The van der Waals surface area contributed by atoms with E-state index in [-0.39, 0.29) is 0 Å². The van der Waals surface area contributed by atoms with Crippen molar-refractivity contribution in [2.45, 2.75) is 46.1 Å². The number of rotatable bonds is 8. The Balaban J connectivity index is 1.96. The van der Waals surface area contributed by atoms with Crippen LogP contribution in [-0.4, -0.2) is 8.56 Å². The molecule has 0 unspecified atom stereocenters. The number of hydrogen-bond acceptors (Lipinski definition) is 2. The van der Waals surface area contributed by atoms with Gasteiger partial charge in [-0.15, -0.1) is 0 Å². The summed E-state index contributed by atoms with van der Waals surface area (Å²) in [4.78, 5) is 0. The van der Waals surface area contributed by atoms with Gasteiger partial charge in [-0.05, 0) is 30.1 Å². The van der Waals surface area contributed by atoms with Gasteiger partial charge in [0.1, 0.15) is 0 Å². The lowest BCUT2D eigenvalue weighted by atomic mass is 10.2. The van der Waals surface area contributed by atoms with Gasteiger partial charge in [0.05, 0.1) is 13.2 Å². The van der Waals surface area contributed by atoms with Gasteiger partial charge in [0, 0.05) is 0 Å². The summed E-state index contributed by atoms with van der Waals surface area (Å²) in [5.74, 6) is 0. The van der Waals surface area contributed by atoms with Crippen molar-refractivity contribution in [3.63, 3.8) is 0 Å². The summed E-state index contributed by atoms with van der Waals surface area (Å²) in [5, 5.41) is 0. The van der Waals surface area contributed by atoms with Gasteiger partial charge in [-0.25, -0.2) is 0 Å². The Morgan fingerprint density at radius 2 is 1.23 bits per heavy atom. The molecule has 0 heterocycles. The molecule has 2 aromatic rings. The van der Waals surface area contributed by atoms with Gasteiger partial charge in [-0.1, -0.05) is 74.0 Å². The maximum Gasteiger partial charge on any atom is 0.338 e. The summed E-state index contributed by atoms with van der Waals surface area (Å²) in [5.41, 5.74) is 3.70. The molecule has 2 aromatic carbocycles. The van der Waals surface area contributed by atoms with Crippen molar-refractivity contribution >= 4 is 8.56 Å². The van der Waals surface area contributed by atoms with E-state index >= 15 is 0 Å². The maximum absolute atomic E-state index is 6.29. The van der Waals surface area contributed by atoms with Gasteiger partial charge in [0.25, 0.3) is 0 Å². The lowest BCUT2D eigenvalue weighted by Crippen LogP contribution is -2.40. The van der Waals surface area contributed by atoms with E-state index < -0.39 is 8.56 Å². The van der Waals surface area contributed by atoms with E-state index in [1.54, 1.807) is 0 Å². The van der Waals surface area contributed by atoms with Gasteiger partial charge in [-0.3, -0.25) is 0 Å². The monoisotopic (exact) mass is 314 g/mol. The van der Waals surface area contributed by atoms with Crippen LogP contribution in [0.25, 0.3) is 0 Å². The van der Waals surface area contributed by atoms with E-state index in [1.165, 1.54) is 16.7 Å². The van der Waals surface area contributed by atoms with Crippen LogP contribution < -0.4 is 0 Å². The van der Waals surface area contributed by atoms with Crippen LogP contribution in [0.15, 0.2) is 54.6 Å². The molecule has 22 heavy (non-hydrogen) atoms. The Morgan fingerprint density at radius 1 is 0.727 bits per heavy atom. The number of hydrogen-bond donors (Lipinski definition) is 0. The lowest BCUT2D eigenvalue weighted by molar-refractivity contribution is 0.154. The first-order chi connectivity index (χ1) is 10.7. The molecule has 0 aromatic heterocycles. The van der Waals surface area contributed by atoms with Crippen LogP contribution in [-0.2, 0) is 22.1 Å². The third-order valence-corrected chi connectivity index (χ3v) is 7.54. The quantitative estimate of drug-likeness (QED) is 0.623. The summed E-state index contributed by atoms with van der Waals surface area (Å²) in [6.07, 6.45) is 0. The van der Waals surface area contributed by atoms with Gasteiger partial charge in [0.15, 0.2) is 0 Å².